The van der Waals surface area contributed by atoms with Crippen LogP contribution in [0.5, 0.6) is 0 Å². The molecule has 0 radical (unpaired) electrons. The van der Waals surface area contributed by atoms with Gasteiger partial charge in [-0.15, -0.1) is 0 Å². The van der Waals surface area contributed by atoms with Gasteiger partial charge in [-0.05, 0) is 19.8 Å². The number of carboxylic acids is 1. The van der Waals surface area contributed by atoms with E-state index in [0.717, 1.165) is 32.1 Å². The minimum atomic E-state index is -0.996. The standard InChI is InChI=1S/C10H17FO2/c1-8(11)10(7-9(12)13)5-3-2-4-6-10/h8H,2-7H2,1H3,(H,12,13). The van der Waals surface area contributed by atoms with Crippen LogP contribution in [0.3, 0.4) is 0 Å². The first-order valence-corrected chi connectivity index (χ1v) is 4.93. The highest BCUT2D eigenvalue weighted by atomic mass is 19.1. The maximum atomic E-state index is 13.3. The molecule has 3 heteroatoms. The van der Waals surface area contributed by atoms with Gasteiger partial charge in [-0.25, -0.2) is 4.39 Å². The molecule has 2 nitrogen and oxygen atoms in total. The van der Waals surface area contributed by atoms with E-state index in [-0.39, 0.29) is 6.42 Å². The summed E-state index contributed by atoms with van der Waals surface area (Å²) >= 11 is 0. The average molecular weight is 188 g/mol. The van der Waals surface area contributed by atoms with Crippen LogP contribution >= 0.6 is 0 Å². The quantitative estimate of drug-likeness (QED) is 0.739. The van der Waals surface area contributed by atoms with Gasteiger partial charge in [-0.3, -0.25) is 4.79 Å². The van der Waals surface area contributed by atoms with Crippen LogP contribution in [0.15, 0.2) is 0 Å². The van der Waals surface area contributed by atoms with Crippen LogP contribution in [0.2, 0.25) is 0 Å². The molecule has 1 atom stereocenters. The molecule has 1 aliphatic rings. The Hall–Kier alpha value is -0.600. The van der Waals surface area contributed by atoms with Gasteiger partial charge < -0.3 is 5.11 Å². The van der Waals surface area contributed by atoms with E-state index in [4.69, 9.17) is 5.11 Å². The molecule has 0 bridgehead atoms. The van der Waals surface area contributed by atoms with Crippen LogP contribution in [0, 0.1) is 5.41 Å². The fraction of sp³-hybridized carbons (Fsp3) is 0.900. The third-order valence-corrected chi connectivity index (χ3v) is 3.20. The highest BCUT2D eigenvalue weighted by molar-refractivity contribution is 5.67. The molecule has 1 aliphatic carbocycles. The van der Waals surface area contributed by atoms with Crippen molar-refractivity contribution in [1.29, 1.82) is 0 Å². The van der Waals surface area contributed by atoms with Gasteiger partial charge in [0.1, 0.15) is 6.17 Å². The second kappa shape index (κ2) is 4.07. The smallest absolute Gasteiger partial charge is 0.304 e. The SMILES string of the molecule is CC(F)C1(CC(=O)O)CCCCC1. The van der Waals surface area contributed by atoms with Crippen molar-refractivity contribution >= 4 is 5.97 Å². The zero-order valence-electron chi connectivity index (χ0n) is 8.05. The van der Waals surface area contributed by atoms with Crippen molar-refractivity contribution in [3.8, 4) is 0 Å². The molecule has 0 aromatic carbocycles. The molecule has 1 unspecified atom stereocenters. The van der Waals surface area contributed by atoms with Crippen molar-refractivity contribution < 1.29 is 14.3 Å². The number of halogens is 1. The predicted molar refractivity (Wildman–Crippen MR) is 48.3 cm³/mol. The summed E-state index contributed by atoms with van der Waals surface area (Å²) in [5.41, 5.74) is -0.565. The molecule has 76 valence electrons. The second-order valence-electron chi connectivity index (χ2n) is 4.11. The lowest BCUT2D eigenvalue weighted by Gasteiger charge is -2.37. The zero-order valence-corrected chi connectivity index (χ0v) is 8.05. The van der Waals surface area contributed by atoms with Gasteiger partial charge in [0, 0.05) is 5.41 Å². The van der Waals surface area contributed by atoms with Crippen LogP contribution in [0.25, 0.3) is 0 Å². The monoisotopic (exact) mass is 188 g/mol. The number of rotatable bonds is 3. The van der Waals surface area contributed by atoms with Crippen LogP contribution in [-0.2, 0) is 4.79 Å². The van der Waals surface area contributed by atoms with E-state index in [0.29, 0.717) is 0 Å². The Bertz CT molecular complexity index is 183. The van der Waals surface area contributed by atoms with Crippen LogP contribution in [-0.4, -0.2) is 17.2 Å². The first-order valence-electron chi connectivity index (χ1n) is 4.93. The van der Waals surface area contributed by atoms with E-state index in [2.05, 4.69) is 0 Å². The second-order valence-corrected chi connectivity index (χ2v) is 4.11. The number of aliphatic carboxylic acids is 1. The van der Waals surface area contributed by atoms with Gasteiger partial charge in [0.05, 0.1) is 6.42 Å². The summed E-state index contributed by atoms with van der Waals surface area (Å²) in [7, 11) is 0. The Balaban J connectivity index is 2.67. The van der Waals surface area contributed by atoms with E-state index in [9.17, 15) is 9.18 Å². The van der Waals surface area contributed by atoms with Crippen LogP contribution in [0.4, 0.5) is 4.39 Å². The predicted octanol–water partition coefficient (Wildman–Crippen LogP) is 2.77. The molecule has 0 spiro atoms. The minimum Gasteiger partial charge on any atom is -0.481 e. The summed E-state index contributed by atoms with van der Waals surface area (Å²) in [5.74, 6) is -0.869. The number of hydrogen-bond acceptors (Lipinski definition) is 1. The minimum absolute atomic E-state index is 0.00926. The maximum absolute atomic E-state index is 13.3. The fourth-order valence-corrected chi connectivity index (χ4v) is 2.27. The normalized spacial score (nSPS) is 23.8. The van der Waals surface area contributed by atoms with Gasteiger partial charge in [-0.2, -0.15) is 0 Å². The number of carbonyl (C=O) groups is 1. The highest BCUT2D eigenvalue weighted by Gasteiger charge is 2.39. The molecule has 0 amide bonds. The summed E-state index contributed by atoms with van der Waals surface area (Å²) in [6.45, 7) is 1.49. The Morgan fingerprint density at radius 1 is 1.46 bits per heavy atom. The molecule has 1 fully saturated rings. The third-order valence-electron chi connectivity index (χ3n) is 3.20. The van der Waals surface area contributed by atoms with E-state index >= 15 is 0 Å². The molecule has 13 heavy (non-hydrogen) atoms. The van der Waals surface area contributed by atoms with Crippen LogP contribution in [0.1, 0.15) is 45.4 Å². The summed E-state index contributed by atoms with van der Waals surface area (Å²) in [5, 5.41) is 8.71. The van der Waals surface area contributed by atoms with Crippen molar-refractivity contribution in [2.75, 3.05) is 0 Å². The first-order chi connectivity index (χ1) is 6.07. The molecule has 1 rings (SSSR count). The molecule has 0 aromatic rings. The highest BCUT2D eigenvalue weighted by Crippen LogP contribution is 2.43. The summed E-state index contributed by atoms with van der Waals surface area (Å²) in [4.78, 5) is 10.6. The zero-order chi connectivity index (χ0) is 9.90. The van der Waals surface area contributed by atoms with Crippen molar-refractivity contribution in [1.82, 2.24) is 0 Å². The van der Waals surface area contributed by atoms with Gasteiger partial charge in [0.2, 0.25) is 0 Å². The lowest BCUT2D eigenvalue weighted by molar-refractivity contribution is -0.141. The molecule has 0 aliphatic heterocycles. The van der Waals surface area contributed by atoms with Crippen molar-refractivity contribution in [2.45, 2.75) is 51.6 Å². The third kappa shape index (κ3) is 2.42. The van der Waals surface area contributed by atoms with E-state index in [1.54, 1.807) is 0 Å². The Labute approximate surface area is 78.1 Å². The lowest BCUT2D eigenvalue weighted by Crippen LogP contribution is -2.35. The molecule has 0 heterocycles. The lowest BCUT2D eigenvalue weighted by atomic mass is 9.69. The van der Waals surface area contributed by atoms with Gasteiger partial charge >= 0.3 is 5.97 Å². The molecular formula is C10H17FO2. The van der Waals surface area contributed by atoms with Crippen molar-refractivity contribution in [3.63, 3.8) is 0 Å². The molecule has 1 saturated carbocycles. The van der Waals surface area contributed by atoms with E-state index < -0.39 is 17.6 Å². The summed E-state index contributed by atoms with van der Waals surface area (Å²) in [6, 6.07) is 0. The Morgan fingerprint density at radius 3 is 2.38 bits per heavy atom. The topological polar surface area (TPSA) is 37.3 Å². The van der Waals surface area contributed by atoms with Gasteiger partial charge in [-0.1, -0.05) is 19.3 Å². The molecule has 0 aromatic heterocycles. The first kappa shape index (κ1) is 10.5. The number of carboxylic acid groups (broad SMARTS) is 1. The van der Waals surface area contributed by atoms with E-state index in [1.807, 2.05) is 0 Å². The molecule has 1 N–H and O–H groups in total. The summed E-state index contributed by atoms with van der Waals surface area (Å²) in [6.07, 6.45) is 3.53. The van der Waals surface area contributed by atoms with Crippen molar-refractivity contribution in [2.24, 2.45) is 5.41 Å². The maximum Gasteiger partial charge on any atom is 0.304 e. The fourth-order valence-electron chi connectivity index (χ4n) is 2.27. The van der Waals surface area contributed by atoms with Crippen LogP contribution < -0.4 is 0 Å². The number of alkyl halides is 1. The van der Waals surface area contributed by atoms with Gasteiger partial charge in [0.15, 0.2) is 0 Å². The Morgan fingerprint density at radius 2 is 2.00 bits per heavy atom. The Kier molecular flexibility index (Phi) is 3.28. The van der Waals surface area contributed by atoms with Gasteiger partial charge in [0.25, 0.3) is 0 Å². The molecular weight excluding hydrogens is 171 g/mol. The summed E-state index contributed by atoms with van der Waals surface area (Å²) < 4.78 is 13.3. The van der Waals surface area contributed by atoms with Crippen molar-refractivity contribution in [3.05, 3.63) is 0 Å². The average Bonchev–Trinajstić information content (AvgIpc) is 2.04. The largest absolute Gasteiger partial charge is 0.481 e. The number of hydrogen-bond donors (Lipinski definition) is 1. The molecule has 0 saturated heterocycles. The van der Waals surface area contributed by atoms with E-state index in [1.165, 1.54) is 6.92 Å².